The maximum atomic E-state index is 13.1. The number of nitrogens with zero attached hydrogens (tertiary/aromatic N) is 2. The number of Topliss-reactive ketones (excluding diaryl/α,β-unsaturated/α-hetero) is 1. The minimum absolute atomic E-state index is 0.0352. The van der Waals surface area contributed by atoms with E-state index in [4.69, 9.17) is 0 Å². The Morgan fingerprint density at radius 1 is 0.968 bits per heavy atom. The first-order valence-corrected chi connectivity index (χ1v) is 9.90. The first-order valence-electron chi connectivity index (χ1n) is 9.90. The highest BCUT2D eigenvalue weighted by molar-refractivity contribution is 6.46. The number of aromatic hydroxyl groups is 1. The van der Waals surface area contributed by atoms with Gasteiger partial charge in [0.05, 0.1) is 11.6 Å². The number of hydrogen-bond donors (Lipinski definition) is 2. The average Bonchev–Trinajstić information content (AvgIpc) is 3.01. The molecule has 0 aliphatic carbocycles. The minimum atomic E-state index is -0.782. The van der Waals surface area contributed by atoms with E-state index in [-0.39, 0.29) is 23.6 Å². The Morgan fingerprint density at radius 2 is 1.65 bits per heavy atom. The van der Waals surface area contributed by atoms with Gasteiger partial charge in [-0.1, -0.05) is 24.3 Å². The number of aliphatic hydroxyl groups excluding tert-OH is 1. The lowest BCUT2D eigenvalue weighted by molar-refractivity contribution is -0.140. The van der Waals surface area contributed by atoms with Crippen LogP contribution in [0.4, 0.5) is 0 Å². The van der Waals surface area contributed by atoms with Gasteiger partial charge in [0, 0.05) is 24.5 Å². The zero-order valence-electron chi connectivity index (χ0n) is 17.2. The van der Waals surface area contributed by atoms with Gasteiger partial charge in [0.1, 0.15) is 11.5 Å². The third-order valence-corrected chi connectivity index (χ3v) is 5.63. The van der Waals surface area contributed by atoms with Gasteiger partial charge in [0.2, 0.25) is 0 Å². The van der Waals surface area contributed by atoms with E-state index in [2.05, 4.69) is 4.98 Å². The lowest BCUT2D eigenvalue weighted by atomic mass is 9.94. The molecule has 6 nitrogen and oxygen atoms in total. The molecular weight excluding hydrogens is 392 g/mol. The molecule has 2 heterocycles. The molecule has 156 valence electrons. The maximum absolute atomic E-state index is 13.1. The molecule has 1 aliphatic rings. The topological polar surface area (TPSA) is 90.7 Å². The molecule has 1 unspecified atom stereocenters. The summed E-state index contributed by atoms with van der Waals surface area (Å²) in [6.45, 7) is 4.07. The summed E-state index contributed by atoms with van der Waals surface area (Å²) in [6, 6.07) is 14.5. The Balaban J connectivity index is 1.87. The summed E-state index contributed by atoms with van der Waals surface area (Å²) < 4.78 is 0. The predicted octanol–water partition coefficient (Wildman–Crippen LogP) is 4.03. The van der Waals surface area contributed by atoms with Gasteiger partial charge in [0.15, 0.2) is 0 Å². The van der Waals surface area contributed by atoms with Crippen LogP contribution in [0.3, 0.4) is 0 Å². The minimum Gasteiger partial charge on any atom is -0.508 e. The van der Waals surface area contributed by atoms with Gasteiger partial charge in [-0.25, -0.2) is 0 Å². The molecule has 31 heavy (non-hydrogen) atoms. The third-order valence-electron chi connectivity index (χ3n) is 5.63. The standard InChI is InChI=1S/C25H22N2O4/c1-15-3-4-19(13-16(15)2)23(29)21-22(18-5-7-20(28)8-6-18)27(25(31)24(21)30)14-17-9-11-26-12-10-17/h3-13,22,28-29H,14H2,1-2H3/b23-21-. The van der Waals surface area contributed by atoms with Crippen LogP contribution >= 0.6 is 0 Å². The van der Waals surface area contributed by atoms with Crippen molar-refractivity contribution in [2.45, 2.75) is 26.4 Å². The number of rotatable bonds is 4. The van der Waals surface area contributed by atoms with Crippen LogP contribution in [0.5, 0.6) is 5.75 Å². The van der Waals surface area contributed by atoms with Crippen molar-refractivity contribution in [2.24, 2.45) is 0 Å². The molecule has 0 radical (unpaired) electrons. The van der Waals surface area contributed by atoms with Crippen molar-refractivity contribution in [2.75, 3.05) is 0 Å². The van der Waals surface area contributed by atoms with E-state index in [1.807, 2.05) is 19.9 Å². The number of hydrogen-bond acceptors (Lipinski definition) is 5. The Bertz CT molecular complexity index is 1180. The van der Waals surface area contributed by atoms with Gasteiger partial charge in [-0.05, 0) is 66.4 Å². The summed E-state index contributed by atoms with van der Waals surface area (Å²) in [5.41, 5.74) is 3.98. The van der Waals surface area contributed by atoms with E-state index in [0.717, 1.165) is 16.7 Å². The highest BCUT2D eigenvalue weighted by Crippen LogP contribution is 2.40. The average molecular weight is 414 g/mol. The van der Waals surface area contributed by atoms with E-state index in [1.165, 1.54) is 17.0 Å². The largest absolute Gasteiger partial charge is 0.508 e. The summed E-state index contributed by atoms with van der Waals surface area (Å²) in [7, 11) is 0. The first-order chi connectivity index (χ1) is 14.9. The van der Waals surface area contributed by atoms with Crippen molar-refractivity contribution in [1.29, 1.82) is 0 Å². The number of aromatic nitrogens is 1. The van der Waals surface area contributed by atoms with Gasteiger partial charge in [0.25, 0.3) is 11.7 Å². The monoisotopic (exact) mass is 414 g/mol. The quantitative estimate of drug-likeness (QED) is 0.382. The Labute approximate surface area is 180 Å². The molecule has 2 N–H and O–H groups in total. The predicted molar refractivity (Wildman–Crippen MR) is 116 cm³/mol. The zero-order valence-corrected chi connectivity index (χ0v) is 17.2. The fraction of sp³-hybridized carbons (Fsp3) is 0.160. The zero-order chi connectivity index (χ0) is 22.1. The van der Waals surface area contributed by atoms with Crippen molar-refractivity contribution in [3.8, 4) is 5.75 Å². The smallest absolute Gasteiger partial charge is 0.295 e. The van der Waals surface area contributed by atoms with E-state index in [9.17, 15) is 19.8 Å². The molecule has 4 rings (SSSR count). The lowest BCUT2D eigenvalue weighted by Gasteiger charge is -2.25. The Hall–Kier alpha value is -3.93. The number of likely N-dealkylation sites (tertiary alicyclic amines) is 1. The number of benzene rings is 2. The summed E-state index contributed by atoms with van der Waals surface area (Å²) in [5.74, 6) is -1.55. The molecule has 1 aliphatic heterocycles. The van der Waals surface area contributed by atoms with Crippen LogP contribution in [-0.2, 0) is 16.1 Å². The van der Waals surface area contributed by atoms with Crippen molar-refractivity contribution >= 4 is 17.4 Å². The molecule has 1 atom stereocenters. The molecule has 1 amide bonds. The van der Waals surface area contributed by atoms with E-state index < -0.39 is 17.7 Å². The molecule has 0 saturated carbocycles. The molecule has 6 heteroatoms. The number of aryl methyl sites for hydroxylation is 2. The SMILES string of the molecule is Cc1ccc(/C(O)=C2/C(=O)C(=O)N(Cc3ccncc3)C2c2ccc(O)cc2)cc1C. The number of aliphatic hydroxyl groups is 1. The Morgan fingerprint density at radius 3 is 2.29 bits per heavy atom. The molecule has 1 fully saturated rings. The highest BCUT2D eigenvalue weighted by Gasteiger charge is 2.46. The fourth-order valence-corrected chi connectivity index (χ4v) is 3.78. The van der Waals surface area contributed by atoms with Crippen LogP contribution in [0.1, 0.15) is 33.9 Å². The summed E-state index contributed by atoms with van der Waals surface area (Å²) in [6.07, 6.45) is 3.24. The van der Waals surface area contributed by atoms with Gasteiger partial charge >= 0.3 is 0 Å². The van der Waals surface area contributed by atoms with Gasteiger partial charge in [-0.2, -0.15) is 0 Å². The number of carbonyl (C=O) groups excluding carboxylic acids is 2. The first kappa shape index (κ1) is 20.3. The number of phenols is 1. The van der Waals surface area contributed by atoms with E-state index >= 15 is 0 Å². The summed E-state index contributed by atoms with van der Waals surface area (Å²) >= 11 is 0. The number of carbonyl (C=O) groups is 2. The van der Waals surface area contributed by atoms with Crippen LogP contribution in [0.2, 0.25) is 0 Å². The van der Waals surface area contributed by atoms with Gasteiger partial charge < -0.3 is 15.1 Å². The van der Waals surface area contributed by atoms with Gasteiger partial charge in [-0.15, -0.1) is 0 Å². The second-order valence-electron chi connectivity index (χ2n) is 7.67. The van der Waals surface area contributed by atoms with E-state index in [1.54, 1.807) is 48.8 Å². The lowest BCUT2D eigenvalue weighted by Crippen LogP contribution is -2.29. The molecule has 3 aromatic rings. The molecule has 0 bridgehead atoms. The number of phenolic OH excluding ortho intramolecular Hbond substituents is 1. The van der Waals surface area contributed by atoms with Gasteiger partial charge in [-0.3, -0.25) is 14.6 Å². The third kappa shape index (κ3) is 3.80. The van der Waals surface area contributed by atoms with E-state index in [0.29, 0.717) is 11.1 Å². The summed E-state index contributed by atoms with van der Waals surface area (Å²) in [5, 5.41) is 20.8. The van der Waals surface area contributed by atoms with Crippen LogP contribution < -0.4 is 0 Å². The molecule has 2 aromatic carbocycles. The molecule has 1 saturated heterocycles. The molecule has 0 spiro atoms. The normalized spacial score (nSPS) is 17.9. The Kier molecular flexibility index (Phi) is 5.29. The van der Waals surface area contributed by atoms with Crippen LogP contribution in [0, 0.1) is 13.8 Å². The van der Waals surface area contributed by atoms with Crippen molar-refractivity contribution < 1.29 is 19.8 Å². The number of amides is 1. The van der Waals surface area contributed by atoms with Crippen molar-refractivity contribution in [3.63, 3.8) is 0 Å². The second-order valence-corrected chi connectivity index (χ2v) is 7.67. The highest BCUT2D eigenvalue weighted by atomic mass is 16.3. The van der Waals surface area contributed by atoms with Crippen molar-refractivity contribution in [3.05, 3.63) is 100 Å². The number of ketones is 1. The maximum Gasteiger partial charge on any atom is 0.295 e. The van der Waals surface area contributed by atoms with Crippen LogP contribution in [0.15, 0.2) is 72.6 Å². The number of pyridine rings is 1. The van der Waals surface area contributed by atoms with Crippen LogP contribution in [-0.4, -0.2) is 31.8 Å². The molecular formula is C25H22N2O4. The van der Waals surface area contributed by atoms with Crippen LogP contribution in [0.25, 0.3) is 5.76 Å². The molecule has 1 aromatic heterocycles. The van der Waals surface area contributed by atoms with Crippen molar-refractivity contribution in [1.82, 2.24) is 9.88 Å². The second kappa shape index (κ2) is 8.07. The fourth-order valence-electron chi connectivity index (χ4n) is 3.78. The summed E-state index contributed by atoms with van der Waals surface area (Å²) in [4.78, 5) is 31.5.